The predicted octanol–water partition coefficient (Wildman–Crippen LogP) is 2.87. The first-order chi connectivity index (χ1) is 7.76. The van der Waals surface area contributed by atoms with Crippen LogP contribution in [0.5, 0.6) is 5.88 Å². The lowest BCUT2D eigenvalue weighted by Gasteiger charge is -2.13. The van der Waals surface area contributed by atoms with E-state index in [0.29, 0.717) is 0 Å². The summed E-state index contributed by atoms with van der Waals surface area (Å²) in [5, 5.41) is 0. The Kier molecular flexibility index (Phi) is 3.59. The van der Waals surface area contributed by atoms with Gasteiger partial charge < -0.3 is 4.74 Å². The minimum atomic E-state index is -5.27. The molecule has 0 saturated heterocycles. The van der Waals surface area contributed by atoms with Gasteiger partial charge in [0, 0.05) is 0 Å². The Morgan fingerprint density at radius 2 is 1.94 bits per heavy atom. The largest absolute Gasteiger partial charge is 0.574 e. The molecule has 1 heterocycles. The van der Waals surface area contributed by atoms with Crippen molar-refractivity contribution in [3.8, 4) is 5.88 Å². The van der Waals surface area contributed by atoms with E-state index in [2.05, 4.69) is 9.72 Å². The van der Waals surface area contributed by atoms with Crippen LogP contribution in [0.25, 0.3) is 0 Å². The molecule has 0 saturated carbocycles. The van der Waals surface area contributed by atoms with E-state index < -0.39 is 35.6 Å². The molecule has 0 aromatic carbocycles. The number of aldehydes is 1. The average Bonchev–Trinajstić information content (AvgIpc) is 2.17. The van der Waals surface area contributed by atoms with Gasteiger partial charge in [0.25, 0.3) is 6.43 Å². The normalized spacial score (nSPS) is 11.7. The van der Waals surface area contributed by atoms with Crippen molar-refractivity contribution in [1.29, 1.82) is 0 Å². The molecule has 17 heavy (non-hydrogen) atoms. The fourth-order valence-corrected chi connectivity index (χ4v) is 1.02. The van der Waals surface area contributed by atoms with E-state index >= 15 is 0 Å². The summed E-state index contributed by atoms with van der Waals surface area (Å²) < 4.78 is 76.4. The smallest absolute Gasteiger partial charge is 0.387 e. The highest BCUT2D eigenvalue weighted by Crippen LogP contribution is 2.33. The van der Waals surface area contributed by atoms with Crippen molar-refractivity contribution >= 4 is 6.29 Å². The molecule has 0 aliphatic rings. The van der Waals surface area contributed by atoms with Crippen LogP contribution in [0, 0.1) is 5.82 Å². The fourth-order valence-electron chi connectivity index (χ4n) is 1.02. The highest BCUT2D eigenvalue weighted by molar-refractivity contribution is 5.78. The molecular formula is C8H3F6NO2. The zero-order valence-corrected chi connectivity index (χ0v) is 7.76. The highest BCUT2D eigenvalue weighted by atomic mass is 19.4. The summed E-state index contributed by atoms with van der Waals surface area (Å²) in [6.45, 7) is 0. The lowest BCUT2D eigenvalue weighted by molar-refractivity contribution is -0.276. The molecule has 1 rings (SSSR count). The summed E-state index contributed by atoms with van der Waals surface area (Å²) in [6.07, 6.45) is -8.94. The Morgan fingerprint density at radius 1 is 1.35 bits per heavy atom. The predicted molar refractivity (Wildman–Crippen MR) is 41.2 cm³/mol. The van der Waals surface area contributed by atoms with Crippen molar-refractivity contribution in [3.63, 3.8) is 0 Å². The molecule has 94 valence electrons. The Hall–Kier alpha value is -1.80. The number of carbonyl (C=O) groups excluding carboxylic acids is 1. The molecule has 0 amide bonds. The molecule has 3 nitrogen and oxygen atoms in total. The van der Waals surface area contributed by atoms with E-state index in [1.807, 2.05) is 0 Å². The van der Waals surface area contributed by atoms with Crippen molar-refractivity contribution in [1.82, 2.24) is 4.98 Å². The molecule has 9 heteroatoms. The number of pyridine rings is 1. The van der Waals surface area contributed by atoms with E-state index in [1.165, 1.54) is 0 Å². The summed E-state index contributed by atoms with van der Waals surface area (Å²) in [7, 11) is 0. The Bertz CT molecular complexity index is 431. The van der Waals surface area contributed by atoms with E-state index in [0.717, 1.165) is 0 Å². The molecule has 0 aliphatic heterocycles. The number of rotatable bonds is 3. The van der Waals surface area contributed by atoms with Crippen LogP contribution in [0.4, 0.5) is 26.3 Å². The maximum atomic E-state index is 12.9. The number of nitrogens with zero attached hydrogens (tertiary/aromatic N) is 1. The quantitative estimate of drug-likeness (QED) is 0.618. The van der Waals surface area contributed by atoms with Crippen molar-refractivity contribution in [2.45, 2.75) is 12.8 Å². The van der Waals surface area contributed by atoms with Crippen LogP contribution in [0.1, 0.15) is 22.3 Å². The van der Waals surface area contributed by atoms with Gasteiger partial charge in [0.05, 0.1) is 17.3 Å². The van der Waals surface area contributed by atoms with Crippen LogP contribution in [0.2, 0.25) is 0 Å². The Labute approximate surface area is 90.0 Å². The number of alkyl halides is 5. The van der Waals surface area contributed by atoms with E-state index in [4.69, 9.17) is 0 Å². The monoisotopic (exact) mass is 259 g/mol. The maximum absolute atomic E-state index is 12.9. The van der Waals surface area contributed by atoms with Gasteiger partial charge >= 0.3 is 6.36 Å². The lowest BCUT2D eigenvalue weighted by Crippen LogP contribution is -2.20. The maximum Gasteiger partial charge on any atom is 0.574 e. The molecule has 0 spiro atoms. The SMILES string of the molecule is O=Cc1c(F)cnc(OC(F)(F)F)c1C(F)F. The molecular weight excluding hydrogens is 256 g/mol. The van der Waals surface area contributed by atoms with Crippen molar-refractivity contribution in [2.24, 2.45) is 0 Å². The molecule has 1 aromatic heterocycles. The standard InChI is InChI=1S/C8H3F6NO2/c9-4-1-15-7(17-8(12,13)14)5(6(10)11)3(4)2-16/h1-2,6H. The molecule has 0 radical (unpaired) electrons. The van der Waals surface area contributed by atoms with Crippen molar-refractivity contribution < 1.29 is 35.9 Å². The van der Waals surface area contributed by atoms with Gasteiger partial charge in [0.2, 0.25) is 5.88 Å². The first-order valence-electron chi connectivity index (χ1n) is 3.93. The summed E-state index contributed by atoms with van der Waals surface area (Å²) in [5.41, 5.74) is -2.74. The van der Waals surface area contributed by atoms with Gasteiger partial charge in [-0.3, -0.25) is 4.79 Å². The number of ether oxygens (including phenoxy) is 1. The lowest BCUT2D eigenvalue weighted by atomic mass is 10.1. The van der Waals surface area contributed by atoms with E-state index in [1.54, 1.807) is 0 Å². The zero-order chi connectivity index (χ0) is 13.2. The molecule has 0 N–H and O–H groups in total. The van der Waals surface area contributed by atoms with Gasteiger partial charge in [-0.05, 0) is 0 Å². The summed E-state index contributed by atoms with van der Waals surface area (Å²) in [6, 6.07) is 0. The Morgan fingerprint density at radius 3 is 2.35 bits per heavy atom. The van der Waals surface area contributed by atoms with Gasteiger partial charge in [0.15, 0.2) is 12.1 Å². The average molecular weight is 259 g/mol. The van der Waals surface area contributed by atoms with Gasteiger partial charge in [-0.25, -0.2) is 18.2 Å². The van der Waals surface area contributed by atoms with Crippen molar-refractivity contribution in [2.75, 3.05) is 0 Å². The third-order valence-electron chi connectivity index (χ3n) is 1.62. The van der Waals surface area contributed by atoms with E-state index in [9.17, 15) is 31.1 Å². The van der Waals surface area contributed by atoms with Crippen LogP contribution in [-0.2, 0) is 0 Å². The summed E-state index contributed by atoms with van der Waals surface area (Å²) in [5.74, 6) is -3.00. The van der Waals surface area contributed by atoms with Crippen LogP contribution >= 0.6 is 0 Å². The molecule has 0 aliphatic carbocycles. The molecule has 0 unspecified atom stereocenters. The van der Waals surface area contributed by atoms with Gasteiger partial charge in [-0.1, -0.05) is 0 Å². The topological polar surface area (TPSA) is 39.2 Å². The minimum Gasteiger partial charge on any atom is -0.387 e. The van der Waals surface area contributed by atoms with E-state index in [-0.39, 0.29) is 12.5 Å². The highest BCUT2D eigenvalue weighted by Gasteiger charge is 2.35. The number of hydrogen-bond acceptors (Lipinski definition) is 3. The van der Waals surface area contributed by atoms with Crippen LogP contribution < -0.4 is 4.74 Å². The number of carbonyl (C=O) groups is 1. The first kappa shape index (κ1) is 13.3. The number of hydrogen-bond donors (Lipinski definition) is 0. The third-order valence-corrected chi connectivity index (χ3v) is 1.62. The molecule has 0 bridgehead atoms. The zero-order valence-electron chi connectivity index (χ0n) is 7.76. The number of halogens is 6. The van der Waals surface area contributed by atoms with Crippen LogP contribution in [0.3, 0.4) is 0 Å². The second-order valence-corrected chi connectivity index (χ2v) is 2.70. The Balaban J connectivity index is 3.35. The van der Waals surface area contributed by atoms with Crippen LogP contribution in [0.15, 0.2) is 6.20 Å². The second-order valence-electron chi connectivity index (χ2n) is 2.70. The minimum absolute atomic E-state index is 0.191. The van der Waals surface area contributed by atoms with Gasteiger partial charge in [-0.15, -0.1) is 13.2 Å². The van der Waals surface area contributed by atoms with Crippen molar-refractivity contribution in [3.05, 3.63) is 23.1 Å². The van der Waals surface area contributed by atoms with Gasteiger partial charge in [0.1, 0.15) is 0 Å². The fraction of sp³-hybridized carbons (Fsp3) is 0.250. The molecule has 1 aromatic rings. The summed E-state index contributed by atoms with van der Waals surface area (Å²) >= 11 is 0. The first-order valence-corrected chi connectivity index (χ1v) is 3.93. The van der Waals surface area contributed by atoms with Crippen LogP contribution in [-0.4, -0.2) is 17.6 Å². The third kappa shape index (κ3) is 3.08. The second kappa shape index (κ2) is 4.60. The van der Waals surface area contributed by atoms with Gasteiger partial charge in [-0.2, -0.15) is 0 Å². The molecule has 0 fully saturated rings. The summed E-state index contributed by atoms with van der Waals surface area (Å²) in [4.78, 5) is 13.1. The number of aromatic nitrogens is 1. The molecule has 0 atom stereocenters.